The van der Waals surface area contributed by atoms with Gasteiger partial charge in [-0.2, -0.15) is 0 Å². The van der Waals surface area contributed by atoms with Gasteiger partial charge in [0.05, 0.1) is 0 Å². The molecule has 0 spiro atoms. The van der Waals surface area contributed by atoms with E-state index in [0.717, 1.165) is 22.6 Å². The highest BCUT2D eigenvalue weighted by atomic mass is 32.1. The molecular formula is C19H15N5O2S. The summed E-state index contributed by atoms with van der Waals surface area (Å²) in [7, 11) is 0. The number of rotatable bonds is 5. The van der Waals surface area contributed by atoms with E-state index < -0.39 is 0 Å². The Balaban J connectivity index is 1.49. The third kappa shape index (κ3) is 3.75. The molecule has 0 saturated carbocycles. The van der Waals surface area contributed by atoms with Crippen LogP contribution in [0.5, 0.6) is 0 Å². The molecule has 0 atom stereocenters. The summed E-state index contributed by atoms with van der Waals surface area (Å²) in [6, 6.07) is 16.5. The molecule has 4 aromatic rings. The summed E-state index contributed by atoms with van der Waals surface area (Å²) in [5.74, 6) is 0.615. The number of amides is 1. The fourth-order valence-corrected chi connectivity index (χ4v) is 3.09. The van der Waals surface area contributed by atoms with Crippen molar-refractivity contribution in [3.63, 3.8) is 0 Å². The van der Waals surface area contributed by atoms with Gasteiger partial charge in [0.15, 0.2) is 0 Å². The maximum atomic E-state index is 12.3. The number of benzene rings is 2. The summed E-state index contributed by atoms with van der Waals surface area (Å²) < 4.78 is 5.73. The first-order chi connectivity index (χ1) is 13.2. The van der Waals surface area contributed by atoms with E-state index in [1.807, 2.05) is 37.3 Å². The van der Waals surface area contributed by atoms with Crippen LogP contribution in [0.15, 0.2) is 59.0 Å². The van der Waals surface area contributed by atoms with Crippen LogP contribution >= 0.6 is 11.3 Å². The van der Waals surface area contributed by atoms with Gasteiger partial charge < -0.3 is 4.42 Å². The maximum Gasteiger partial charge on any atom is 0.257 e. The van der Waals surface area contributed by atoms with Crippen molar-refractivity contribution in [3.05, 3.63) is 65.2 Å². The van der Waals surface area contributed by atoms with Crippen molar-refractivity contribution in [1.82, 2.24) is 20.4 Å². The van der Waals surface area contributed by atoms with Crippen LogP contribution in [0.2, 0.25) is 0 Å². The molecular weight excluding hydrogens is 362 g/mol. The Hall–Kier alpha value is -3.39. The average Bonchev–Trinajstić information content (AvgIpc) is 3.38. The highest BCUT2D eigenvalue weighted by Crippen LogP contribution is 2.24. The molecule has 0 unspecified atom stereocenters. The van der Waals surface area contributed by atoms with Crippen molar-refractivity contribution in [1.29, 1.82) is 0 Å². The lowest BCUT2D eigenvalue weighted by Gasteiger charge is -2.02. The molecule has 4 rings (SSSR count). The molecule has 0 radical (unpaired) electrons. The molecule has 7 nitrogen and oxygen atoms in total. The molecule has 134 valence electrons. The van der Waals surface area contributed by atoms with E-state index in [0.29, 0.717) is 22.5 Å². The Morgan fingerprint density at radius 1 is 0.926 bits per heavy atom. The van der Waals surface area contributed by atoms with Crippen LogP contribution in [-0.4, -0.2) is 26.3 Å². The van der Waals surface area contributed by atoms with Gasteiger partial charge in [0.2, 0.25) is 16.9 Å². The first-order valence-corrected chi connectivity index (χ1v) is 9.17. The summed E-state index contributed by atoms with van der Waals surface area (Å²) >= 11 is 1.37. The molecule has 8 heteroatoms. The Kier molecular flexibility index (Phi) is 4.71. The number of hydrogen-bond acceptors (Lipinski definition) is 7. The largest absolute Gasteiger partial charge is 0.416 e. The monoisotopic (exact) mass is 377 g/mol. The second-order valence-corrected chi connectivity index (χ2v) is 6.73. The first-order valence-electron chi connectivity index (χ1n) is 8.36. The van der Waals surface area contributed by atoms with Crippen LogP contribution in [0.25, 0.3) is 22.9 Å². The fraction of sp³-hybridized carbons (Fsp3) is 0.105. The van der Waals surface area contributed by atoms with Crippen LogP contribution in [0, 0.1) is 0 Å². The normalized spacial score (nSPS) is 10.7. The number of nitrogens with one attached hydrogen (secondary N) is 1. The molecule has 0 aliphatic rings. The van der Waals surface area contributed by atoms with Gasteiger partial charge in [-0.25, -0.2) is 0 Å². The van der Waals surface area contributed by atoms with Gasteiger partial charge in [-0.05, 0) is 42.8 Å². The number of anilines is 1. The van der Waals surface area contributed by atoms with Gasteiger partial charge in [0.25, 0.3) is 5.91 Å². The zero-order valence-electron chi connectivity index (χ0n) is 14.4. The predicted molar refractivity (Wildman–Crippen MR) is 102 cm³/mol. The summed E-state index contributed by atoms with van der Waals surface area (Å²) in [6.07, 6.45) is 0.789. The van der Waals surface area contributed by atoms with Gasteiger partial charge in [0.1, 0.15) is 5.01 Å². The van der Waals surface area contributed by atoms with Crippen molar-refractivity contribution in [3.8, 4) is 22.9 Å². The molecule has 2 aromatic carbocycles. The van der Waals surface area contributed by atoms with Gasteiger partial charge in [-0.1, -0.05) is 36.5 Å². The molecule has 0 bridgehead atoms. The number of aryl methyl sites for hydroxylation is 1. The van der Waals surface area contributed by atoms with Crippen LogP contribution in [0.1, 0.15) is 22.3 Å². The summed E-state index contributed by atoms with van der Waals surface area (Å²) in [5.41, 5.74) is 2.11. The van der Waals surface area contributed by atoms with Crippen LogP contribution < -0.4 is 5.32 Å². The Morgan fingerprint density at radius 2 is 1.59 bits per heavy atom. The molecule has 2 heterocycles. The van der Waals surface area contributed by atoms with Crippen molar-refractivity contribution in [2.45, 2.75) is 13.3 Å². The molecule has 0 fully saturated rings. The average molecular weight is 377 g/mol. The second-order valence-electron chi connectivity index (χ2n) is 5.66. The first kappa shape index (κ1) is 17.0. The number of aromatic nitrogens is 4. The number of carbonyl (C=O) groups excluding carboxylic acids is 1. The highest BCUT2D eigenvalue weighted by molar-refractivity contribution is 7.15. The Bertz CT molecular complexity index is 1060. The minimum Gasteiger partial charge on any atom is -0.416 e. The highest BCUT2D eigenvalue weighted by Gasteiger charge is 2.13. The van der Waals surface area contributed by atoms with Crippen LogP contribution in [-0.2, 0) is 6.42 Å². The lowest BCUT2D eigenvalue weighted by atomic mass is 10.1. The standard InChI is InChI=1S/C19H15N5O2S/c1-2-15-21-24-19(27-15)20-16(25)12-8-10-14(11-9-12)18-23-22-17(26-18)13-6-4-3-5-7-13/h3-11H,2H2,1H3,(H,20,24,25). The maximum absolute atomic E-state index is 12.3. The minimum absolute atomic E-state index is 0.240. The van der Waals surface area contributed by atoms with Gasteiger partial charge in [-0.3, -0.25) is 10.1 Å². The van der Waals surface area contributed by atoms with E-state index in [-0.39, 0.29) is 5.91 Å². The summed E-state index contributed by atoms with van der Waals surface area (Å²) in [4.78, 5) is 12.3. The zero-order chi connectivity index (χ0) is 18.6. The lowest BCUT2D eigenvalue weighted by molar-refractivity contribution is 0.102. The number of hydrogen-bond donors (Lipinski definition) is 1. The van der Waals surface area contributed by atoms with E-state index in [9.17, 15) is 4.79 Å². The predicted octanol–water partition coefficient (Wildman–Crippen LogP) is 4.07. The number of nitrogens with zero attached hydrogens (tertiary/aromatic N) is 4. The molecule has 1 amide bonds. The van der Waals surface area contributed by atoms with E-state index in [2.05, 4.69) is 25.7 Å². The molecule has 1 N–H and O–H groups in total. The van der Waals surface area contributed by atoms with Crippen LogP contribution in [0.4, 0.5) is 5.13 Å². The SMILES string of the molecule is CCc1nnc(NC(=O)c2ccc(-c3nnc(-c4ccccc4)o3)cc2)s1. The van der Waals surface area contributed by atoms with E-state index in [1.165, 1.54) is 11.3 Å². The van der Waals surface area contributed by atoms with Crippen molar-refractivity contribution in [2.75, 3.05) is 5.32 Å². The van der Waals surface area contributed by atoms with Crippen molar-refractivity contribution >= 4 is 22.4 Å². The van der Waals surface area contributed by atoms with Gasteiger partial charge in [-0.15, -0.1) is 20.4 Å². The second kappa shape index (κ2) is 7.46. The van der Waals surface area contributed by atoms with Gasteiger partial charge >= 0.3 is 0 Å². The Labute approximate surface area is 159 Å². The van der Waals surface area contributed by atoms with E-state index in [4.69, 9.17) is 4.42 Å². The summed E-state index contributed by atoms with van der Waals surface area (Å²) in [6.45, 7) is 1.99. The van der Waals surface area contributed by atoms with Crippen LogP contribution in [0.3, 0.4) is 0 Å². The molecule has 0 saturated heterocycles. The zero-order valence-corrected chi connectivity index (χ0v) is 15.2. The van der Waals surface area contributed by atoms with Crippen molar-refractivity contribution in [2.24, 2.45) is 0 Å². The van der Waals surface area contributed by atoms with E-state index >= 15 is 0 Å². The minimum atomic E-state index is -0.240. The fourth-order valence-electron chi connectivity index (χ4n) is 2.42. The Morgan fingerprint density at radius 3 is 2.22 bits per heavy atom. The molecule has 27 heavy (non-hydrogen) atoms. The van der Waals surface area contributed by atoms with Crippen molar-refractivity contribution < 1.29 is 9.21 Å². The quantitative estimate of drug-likeness (QED) is 0.563. The lowest BCUT2D eigenvalue weighted by Crippen LogP contribution is -2.11. The molecule has 0 aliphatic heterocycles. The third-order valence-electron chi connectivity index (χ3n) is 3.83. The molecule has 2 aromatic heterocycles. The molecule has 0 aliphatic carbocycles. The topological polar surface area (TPSA) is 93.8 Å². The number of carbonyl (C=O) groups is 1. The third-order valence-corrected chi connectivity index (χ3v) is 4.81. The summed E-state index contributed by atoms with van der Waals surface area (Å²) in [5, 5.41) is 20.2. The smallest absolute Gasteiger partial charge is 0.257 e. The van der Waals surface area contributed by atoms with E-state index in [1.54, 1.807) is 24.3 Å². The van der Waals surface area contributed by atoms with Gasteiger partial charge in [0, 0.05) is 16.7 Å².